The van der Waals surface area contributed by atoms with E-state index >= 15 is 0 Å². The van der Waals surface area contributed by atoms with Gasteiger partial charge in [0.05, 0.1) is 17.8 Å². The quantitative estimate of drug-likeness (QED) is 0.275. The summed E-state index contributed by atoms with van der Waals surface area (Å²) < 4.78 is 0. The summed E-state index contributed by atoms with van der Waals surface area (Å²) >= 11 is 0. The van der Waals surface area contributed by atoms with Gasteiger partial charge < -0.3 is 5.11 Å². The molecule has 4 N–H and O–H groups in total. The van der Waals surface area contributed by atoms with Crippen molar-refractivity contribution in [2.45, 2.75) is 11.6 Å². The molecule has 0 aromatic heterocycles. The van der Waals surface area contributed by atoms with Crippen molar-refractivity contribution in [2.75, 3.05) is 18.8 Å². The summed E-state index contributed by atoms with van der Waals surface area (Å²) in [6.07, 6.45) is 0. The van der Waals surface area contributed by atoms with Gasteiger partial charge in [0.1, 0.15) is 6.04 Å². The van der Waals surface area contributed by atoms with E-state index in [1.54, 1.807) is 17.2 Å². The van der Waals surface area contributed by atoms with E-state index in [1.807, 2.05) is 121 Å². The number of aliphatic hydroxyl groups excluding tert-OH is 1. The molecule has 0 saturated heterocycles. The number of hydrazone groups is 1. The topological polar surface area (TPSA) is 92.2 Å². The maximum atomic E-state index is 13.6. The molecule has 192 valence electrons. The molecule has 0 unspecified atom stereocenters. The number of anilines is 1. The molecule has 1 heterocycles. The number of nitrogens with zero attached hydrogens (tertiary/aromatic N) is 3. The van der Waals surface area contributed by atoms with E-state index in [2.05, 4.69) is 21.3 Å². The third-order valence-corrected chi connectivity index (χ3v) is 6.60. The Bertz CT molecular complexity index is 1270. The lowest BCUT2D eigenvalue weighted by Gasteiger charge is -2.39. The van der Waals surface area contributed by atoms with Crippen LogP contribution in [0.2, 0.25) is 0 Å². The summed E-state index contributed by atoms with van der Waals surface area (Å²) in [5.74, 6) is -0.106. The number of hydrogen-bond acceptors (Lipinski definition) is 7. The molecule has 1 atom stereocenters. The zero-order valence-electron chi connectivity index (χ0n) is 21.0. The molecule has 1 amide bonds. The van der Waals surface area contributed by atoms with Crippen LogP contribution in [0.15, 0.2) is 126 Å². The minimum atomic E-state index is -0.961. The molecule has 0 fully saturated rings. The van der Waals surface area contributed by atoms with Crippen molar-refractivity contribution in [1.82, 2.24) is 21.2 Å². The molecular formula is C30H30N6O2. The van der Waals surface area contributed by atoms with Gasteiger partial charge >= 0.3 is 0 Å². The van der Waals surface area contributed by atoms with Crippen molar-refractivity contribution in [3.8, 4) is 0 Å². The third-order valence-electron chi connectivity index (χ3n) is 6.60. The number of hydrazine groups is 2. The first-order valence-electron chi connectivity index (χ1n) is 12.4. The average Bonchev–Trinajstić information content (AvgIpc) is 3.35. The molecule has 1 aliphatic rings. The Morgan fingerprint density at radius 3 is 1.71 bits per heavy atom. The summed E-state index contributed by atoms with van der Waals surface area (Å²) in [7, 11) is 1.79. The smallest absolute Gasteiger partial charge is 0.246 e. The first kappa shape index (κ1) is 25.0. The molecule has 0 saturated carbocycles. The third kappa shape index (κ3) is 4.82. The van der Waals surface area contributed by atoms with Crippen LogP contribution in [0.3, 0.4) is 0 Å². The molecule has 0 aliphatic carbocycles. The van der Waals surface area contributed by atoms with Gasteiger partial charge in [-0.3, -0.25) is 15.4 Å². The summed E-state index contributed by atoms with van der Waals surface area (Å²) in [6, 6.07) is 38.5. The summed E-state index contributed by atoms with van der Waals surface area (Å²) in [5.41, 5.74) is 5.68. The lowest BCUT2D eigenvalue weighted by molar-refractivity contribution is -0.123. The monoisotopic (exact) mass is 506 g/mol. The highest BCUT2D eigenvalue weighted by molar-refractivity contribution is 6.00. The zero-order valence-corrected chi connectivity index (χ0v) is 21.0. The molecule has 1 aliphatic heterocycles. The Kier molecular flexibility index (Phi) is 7.35. The summed E-state index contributed by atoms with van der Waals surface area (Å²) in [4.78, 5) is 13.6. The Morgan fingerprint density at radius 1 is 0.816 bits per heavy atom. The van der Waals surface area contributed by atoms with Gasteiger partial charge in [-0.25, -0.2) is 5.01 Å². The van der Waals surface area contributed by atoms with Crippen LogP contribution in [0.25, 0.3) is 0 Å². The van der Waals surface area contributed by atoms with Crippen molar-refractivity contribution >= 4 is 17.6 Å². The Balaban J connectivity index is 1.47. The highest BCUT2D eigenvalue weighted by Crippen LogP contribution is 2.37. The van der Waals surface area contributed by atoms with Crippen molar-refractivity contribution in [2.24, 2.45) is 5.10 Å². The van der Waals surface area contributed by atoms with Gasteiger partial charge in [0, 0.05) is 7.05 Å². The highest BCUT2D eigenvalue weighted by Gasteiger charge is 2.40. The molecule has 8 heteroatoms. The summed E-state index contributed by atoms with van der Waals surface area (Å²) in [6.45, 7) is -0.424. The second-order valence-corrected chi connectivity index (χ2v) is 8.92. The molecule has 38 heavy (non-hydrogen) atoms. The number of amides is 1. The van der Waals surface area contributed by atoms with Crippen LogP contribution >= 0.6 is 0 Å². The van der Waals surface area contributed by atoms with Crippen LogP contribution in [0.1, 0.15) is 16.7 Å². The van der Waals surface area contributed by atoms with Gasteiger partial charge in [-0.05, 0) is 28.8 Å². The fraction of sp³-hybridized carbons (Fsp3) is 0.133. The highest BCUT2D eigenvalue weighted by atomic mass is 16.3. The maximum Gasteiger partial charge on any atom is 0.246 e. The maximum absolute atomic E-state index is 13.6. The fourth-order valence-corrected chi connectivity index (χ4v) is 4.71. The molecular weight excluding hydrogens is 476 g/mol. The van der Waals surface area contributed by atoms with Gasteiger partial charge in [-0.1, -0.05) is 109 Å². The first-order chi connectivity index (χ1) is 18.6. The first-order valence-corrected chi connectivity index (χ1v) is 12.4. The Morgan fingerprint density at radius 2 is 1.26 bits per heavy atom. The second kappa shape index (κ2) is 11.2. The minimum absolute atomic E-state index is 0.309. The average molecular weight is 507 g/mol. The van der Waals surface area contributed by atoms with Crippen molar-refractivity contribution in [1.29, 1.82) is 0 Å². The molecule has 0 radical (unpaired) electrons. The van der Waals surface area contributed by atoms with Gasteiger partial charge in [0.2, 0.25) is 11.9 Å². The molecule has 8 nitrogen and oxygen atoms in total. The largest absolute Gasteiger partial charge is 0.394 e. The number of para-hydroxylation sites is 1. The SMILES string of the molecule is CN1C(NC(=O)[C@H](CO)NC(c2ccccc2)(c2ccccc2)c2ccccc2)=NNN1c1ccccc1. The van der Waals surface area contributed by atoms with Crippen LogP contribution in [0.5, 0.6) is 0 Å². The van der Waals surface area contributed by atoms with E-state index in [9.17, 15) is 9.90 Å². The van der Waals surface area contributed by atoms with Crippen molar-refractivity contribution < 1.29 is 9.90 Å². The molecule has 0 bridgehead atoms. The molecule has 0 spiro atoms. The number of aliphatic hydroxyl groups is 1. The number of benzene rings is 4. The standard InChI is InChI=1S/C30H30N6O2/c1-35-29(33-34-36(35)26-20-12-5-13-21-26)31-28(38)27(22-37)32-30(23-14-6-2-7-15-23,24-16-8-3-9-17-24)25-18-10-4-11-19-25/h2-21,27,32,34,37H,22H2,1H3,(H,31,33,38)/t27-/m0/s1. The number of rotatable bonds is 8. The van der Waals surface area contributed by atoms with Crippen LogP contribution in [-0.4, -0.2) is 41.7 Å². The van der Waals surface area contributed by atoms with Gasteiger partial charge in [0.25, 0.3) is 0 Å². The van der Waals surface area contributed by atoms with E-state index in [0.29, 0.717) is 5.96 Å². The van der Waals surface area contributed by atoms with Crippen LogP contribution < -0.4 is 21.3 Å². The van der Waals surface area contributed by atoms with E-state index < -0.39 is 24.1 Å². The number of nitrogens with one attached hydrogen (secondary N) is 3. The number of carbonyl (C=O) groups is 1. The van der Waals surface area contributed by atoms with E-state index in [4.69, 9.17) is 0 Å². The zero-order chi connectivity index (χ0) is 26.4. The Labute approximate surface area is 222 Å². The number of carbonyl (C=O) groups excluding carboxylic acids is 1. The number of hydrogen-bond donors (Lipinski definition) is 4. The van der Waals surface area contributed by atoms with E-state index in [0.717, 1.165) is 22.4 Å². The number of guanidine groups is 1. The lowest BCUT2D eigenvalue weighted by Crippen LogP contribution is -2.58. The molecule has 5 rings (SSSR count). The molecule has 4 aromatic carbocycles. The van der Waals surface area contributed by atoms with Crippen LogP contribution in [0.4, 0.5) is 5.69 Å². The van der Waals surface area contributed by atoms with E-state index in [-0.39, 0.29) is 0 Å². The van der Waals surface area contributed by atoms with Crippen molar-refractivity contribution in [3.05, 3.63) is 138 Å². The normalized spacial score (nSPS) is 14.0. The van der Waals surface area contributed by atoms with Gasteiger partial charge in [-0.15, -0.1) is 5.10 Å². The Hall–Kier alpha value is -4.66. The van der Waals surface area contributed by atoms with Crippen molar-refractivity contribution in [3.63, 3.8) is 0 Å². The lowest BCUT2D eigenvalue weighted by atomic mass is 9.76. The molecule has 4 aromatic rings. The minimum Gasteiger partial charge on any atom is -0.394 e. The van der Waals surface area contributed by atoms with Crippen LogP contribution in [0, 0.1) is 0 Å². The fourth-order valence-electron chi connectivity index (χ4n) is 4.71. The predicted molar refractivity (Wildman–Crippen MR) is 149 cm³/mol. The van der Waals surface area contributed by atoms with E-state index in [1.165, 1.54) is 0 Å². The van der Waals surface area contributed by atoms with Gasteiger partial charge in [-0.2, -0.15) is 10.7 Å². The predicted octanol–water partition coefficient (Wildman–Crippen LogP) is 3.19. The van der Waals surface area contributed by atoms with Crippen LogP contribution in [-0.2, 0) is 10.3 Å². The second-order valence-electron chi connectivity index (χ2n) is 8.92. The van der Waals surface area contributed by atoms with Gasteiger partial charge in [0.15, 0.2) is 0 Å². The summed E-state index contributed by atoms with van der Waals surface area (Å²) in [5, 5.41) is 24.5.